The minimum absolute atomic E-state index is 0.254. The summed E-state index contributed by atoms with van der Waals surface area (Å²) in [6.45, 7) is 28.6. The third kappa shape index (κ3) is 11.0. The molecule has 0 bridgehead atoms. The van der Waals surface area contributed by atoms with Crippen LogP contribution in [0.2, 0.25) is 0 Å². The highest BCUT2D eigenvalue weighted by atomic mass is 14.5. The molecule has 2 aliphatic carbocycles. The molecule has 0 nitrogen and oxygen atoms in total. The van der Waals surface area contributed by atoms with Gasteiger partial charge in [0.15, 0.2) is 0 Å². The van der Waals surface area contributed by atoms with Gasteiger partial charge in [0.1, 0.15) is 0 Å². The number of fused-ring (bicyclic) bond motifs is 6. The summed E-state index contributed by atoms with van der Waals surface area (Å²) in [5.41, 5.74) is 15.3. The molecular weight excluding hydrogens is 661 g/mol. The Bertz CT molecular complexity index is 1780. The summed E-state index contributed by atoms with van der Waals surface area (Å²) in [7, 11) is 0. The fourth-order valence-electron chi connectivity index (χ4n) is 7.36. The van der Waals surface area contributed by atoms with Gasteiger partial charge in [-0.15, -0.1) is 0 Å². The zero-order valence-corrected chi connectivity index (χ0v) is 37.1. The Morgan fingerprint density at radius 1 is 0.418 bits per heavy atom. The molecule has 0 aromatic heterocycles. The second-order valence-electron chi connectivity index (χ2n) is 12.1. The van der Waals surface area contributed by atoms with Crippen molar-refractivity contribution in [2.24, 2.45) is 5.92 Å². The standard InChI is InChI=1S/C25H18.C18H20.6C2H6/c1-3-11-19(12-4-1)25(20-13-5-2-6-14-20)23-17-9-7-15-21(23)22-16-8-10-18-24(22)25;1-3-13(2)11-15-8-6-9-16-12-14-7-4-5-10-17(14)18(15)16;6*1-2/h1-18H;4-10,13H,3,11-12H2,1-2H3;6*1-2H3. The van der Waals surface area contributed by atoms with E-state index in [1.54, 1.807) is 0 Å². The van der Waals surface area contributed by atoms with Gasteiger partial charge in [-0.2, -0.15) is 0 Å². The molecule has 55 heavy (non-hydrogen) atoms. The minimum Gasteiger partial charge on any atom is -0.0683 e. The van der Waals surface area contributed by atoms with Crippen LogP contribution in [0.4, 0.5) is 0 Å². The summed E-state index contributed by atoms with van der Waals surface area (Å²) in [4.78, 5) is 0. The van der Waals surface area contributed by atoms with Crippen LogP contribution in [0, 0.1) is 5.92 Å². The second kappa shape index (κ2) is 27.0. The molecule has 0 aliphatic heterocycles. The summed E-state index contributed by atoms with van der Waals surface area (Å²) in [6, 6.07) is 55.1. The Labute approximate surface area is 339 Å². The van der Waals surface area contributed by atoms with Crippen LogP contribution in [0.1, 0.15) is 142 Å². The zero-order chi connectivity index (χ0) is 41.2. The first-order chi connectivity index (χ1) is 27.2. The lowest BCUT2D eigenvalue weighted by Gasteiger charge is -2.33. The molecule has 2 aliphatic rings. The van der Waals surface area contributed by atoms with E-state index in [2.05, 4.69) is 166 Å². The van der Waals surface area contributed by atoms with Crippen molar-refractivity contribution < 1.29 is 0 Å². The molecule has 6 aromatic rings. The van der Waals surface area contributed by atoms with Gasteiger partial charge in [0.2, 0.25) is 0 Å². The average Bonchev–Trinajstić information content (AvgIpc) is 3.83. The van der Waals surface area contributed by atoms with Gasteiger partial charge in [0.25, 0.3) is 0 Å². The van der Waals surface area contributed by atoms with Crippen LogP contribution in [-0.2, 0) is 18.3 Å². The van der Waals surface area contributed by atoms with Gasteiger partial charge < -0.3 is 0 Å². The maximum Gasteiger partial charge on any atom is 0.0713 e. The predicted octanol–water partition coefficient (Wildman–Crippen LogP) is 17.1. The van der Waals surface area contributed by atoms with Crippen LogP contribution in [0.3, 0.4) is 0 Å². The molecule has 6 aromatic carbocycles. The normalized spacial score (nSPS) is 11.6. The van der Waals surface area contributed by atoms with E-state index in [1.807, 2.05) is 83.1 Å². The summed E-state index contributed by atoms with van der Waals surface area (Å²) >= 11 is 0. The third-order valence-electron chi connectivity index (χ3n) is 9.54. The van der Waals surface area contributed by atoms with E-state index < -0.39 is 0 Å². The first kappa shape index (κ1) is 48.3. The predicted molar refractivity (Wildman–Crippen MR) is 250 cm³/mol. The van der Waals surface area contributed by atoms with Crippen molar-refractivity contribution in [1.29, 1.82) is 0 Å². The van der Waals surface area contributed by atoms with Crippen LogP contribution < -0.4 is 0 Å². The lowest BCUT2D eigenvalue weighted by Crippen LogP contribution is -2.28. The SMILES string of the molecule is CC.CC.CC.CC.CC.CC.CCC(C)Cc1cccc2c1-c1ccccc1C2.c1ccc(C2(c3ccccc3)c3ccccc3-c3ccccc32)cc1. The smallest absolute Gasteiger partial charge is 0.0683 e. The largest absolute Gasteiger partial charge is 0.0713 e. The number of hydrogen-bond donors (Lipinski definition) is 0. The van der Waals surface area contributed by atoms with Gasteiger partial charge in [0, 0.05) is 0 Å². The highest BCUT2D eigenvalue weighted by Gasteiger charge is 2.45. The lowest BCUT2D eigenvalue weighted by molar-refractivity contribution is 0.561. The van der Waals surface area contributed by atoms with Crippen LogP contribution in [0.15, 0.2) is 152 Å². The molecular formula is C55H74. The maximum absolute atomic E-state index is 2.35. The molecule has 1 unspecified atom stereocenters. The first-order valence-corrected chi connectivity index (χ1v) is 21.7. The van der Waals surface area contributed by atoms with Crippen molar-refractivity contribution in [2.45, 2.75) is 122 Å². The number of rotatable bonds is 5. The maximum atomic E-state index is 2.35. The van der Waals surface area contributed by atoms with Crippen LogP contribution in [-0.4, -0.2) is 0 Å². The minimum atomic E-state index is -0.254. The molecule has 0 heterocycles. The van der Waals surface area contributed by atoms with Gasteiger partial charge in [0.05, 0.1) is 5.41 Å². The summed E-state index contributed by atoms with van der Waals surface area (Å²) in [6.07, 6.45) is 3.57. The lowest BCUT2D eigenvalue weighted by atomic mass is 9.68. The van der Waals surface area contributed by atoms with Crippen LogP contribution in [0.5, 0.6) is 0 Å². The van der Waals surface area contributed by atoms with Gasteiger partial charge >= 0.3 is 0 Å². The molecule has 0 saturated carbocycles. The van der Waals surface area contributed by atoms with Crippen molar-refractivity contribution in [3.63, 3.8) is 0 Å². The highest BCUT2D eigenvalue weighted by Crippen LogP contribution is 2.55. The van der Waals surface area contributed by atoms with E-state index in [4.69, 9.17) is 0 Å². The van der Waals surface area contributed by atoms with E-state index in [9.17, 15) is 0 Å². The quantitative estimate of drug-likeness (QED) is 0.165. The Kier molecular flexibility index (Phi) is 23.7. The van der Waals surface area contributed by atoms with Crippen molar-refractivity contribution >= 4 is 0 Å². The average molecular weight is 735 g/mol. The molecule has 0 fully saturated rings. The van der Waals surface area contributed by atoms with E-state index >= 15 is 0 Å². The van der Waals surface area contributed by atoms with Crippen LogP contribution >= 0.6 is 0 Å². The summed E-state index contributed by atoms with van der Waals surface area (Å²) in [5, 5.41) is 0. The molecule has 0 N–H and O–H groups in total. The van der Waals surface area contributed by atoms with Crippen LogP contribution in [0.25, 0.3) is 22.3 Å². The van der Waals surface area contributed by atoms with E-state index in [-0.39, 0.29) is 5.41 Å². The van der Waals surface area contributed by atoms with Gasteiger partial charge in [-0.05, 0) is 80.0 Å². The fraction of sp³-hybridized carbons (Fsp3) is 0.345. The Morgan fingerprint density at radius 2 is 0.800 bits per heavy atom. The molecule has 0 spiro atoms. The molecule has 8 rings (SSSR count). The van der Waals surface area contributed by atoms with Crippen molar-refractivity contribution in [3.8, 4) is 22.3 Å². The topological polar surface area (TPSA) is 0 Å². The molecule has 0 amide bonds. The highest BCUT2D eigenvalue weighted by molar-refractivity contribution is 5.86. The van der Waals surface area contributed by atoms with Crippen molar-refractivity contribution in [1.82, 2.24) is 0 Å². The van der Waals surface area contributed by atoms with Gasteiger partial charge in [-0.25, -0.2) is 0 Å². The second-order valence-corrected chi connectivity index (χ2v) is 12.1. The van der Waals surface area contributed by atoms with Crippen molar-refractivity contribution in [3.05, 3.63) is 191 Å². The Hall–Kier alpha value is -4.68. The van der Waals surface area contributed by atoms with E-state index in [1.165, 1.54) is 74.0 Å². The molecule has 294 valence electrons. The zero-order valence-electron chi connectivity index (χ0n) is 37.1. The molecule has 0 heteroatoms. The molecule has 1 atom stereocenters. The number of benzene rings is 6. The fourth-order valence-corrected chi connectivity index (χ4v) is 7.36. The Balaban J connectivity index is 0.000000446. The van der Waals surface area contributed by atoms with E-state index in [0.717, 1.165) is 12.3 Å². The summed E-state index contributed by atoms with van der Waals surface area (Å²) < 4.78 is 0. The number of hydrogen-bond acceptors (Lipinski definition) is 0. The van der Waals surface area contributed by atoms with Crippen molar-refractivity contribution in [2.75, 3.05) is 0 Å². The summed E-state index contributed by atoms with van der Waals surface area (Å²) in [5.74, 6) is 0.768. The Morgan fingerprint density at radius 3 is 1.25 bits per heavy atom. The first-order valence-electron chi connectivity index (χ1n) is 21.7. The monoisotopic (exact) mass is 735 g/mol. The molecule has 0 radical (unpaired) electrons. The molecule has 0 saturated heterocycles. The van der Waals surface area contributed by atoms with Gasteiger partial charge in [-0.3, -0.25) is 0 Å². The van der Waals surface area contributed by atoms with Gasteiger partial charge in [-0.1, -0.05) is 255 Å². The third-order valence-corrected chi connectivity index (χ3v) is 9.54. The van der Waals surface area contributed by atoms with E-state index in [0.29, 0.717) is 0 Å².